The Morgan fingerprint density at radius 2 is 1.57 bits per heavy atom. The van der Waals surface area contributed by atoms with Gasteiger partial charge in [0.25, 0.3) is 0 Å². The third-order valence-corrected chi connectivity index (χ3v) is 5.46. The first kappa shape index (κ1) is 19.1. The topological polar surface area (TPSA) is 84.6 Å². The molecule has 0 saturated carbocycles. The number of nitrogens with zero attached hydrogens (tertiary/aromatic N) is 3. The molecule has 28 heavy (non-hydrogen) atoms. The highest BCUT2D eigenvalue weighted by atomic mass is 15.2. The fourth-order valence-electron chi connectivity index (χ4n) is 3.91. The molecule has 1 aliphatic rings. The van der Waals surface area contributed by atoms with Gasteiger partial charge in [-0.15, -0.1) is 0 Å². The minimum atomic E-state index is 0.656. The van der Waals surface area contributed by atoms with Crippen LogP contribution in [0.2, 0.25) is 0 Å². The summed E-state index contributed by atoms with van der Waals surface area (Å²) in [6, 6.07) is 12.9. The van der Waals surface area contributed by atoms with Gasteiger partial charge >= 0.3 is 0 Å². The lowest BCUT2D eigenvalue weighted by molar-refractivity contribution is 0.230. The first-order chi connectivity index (χ1) is 13.8. The maximum atomic E-state index is 5.78. The lowest BCUT2D eigenvalue weighted by atomic mass is 10.1. The van der Waals surface area contributed by atoms with Crippen LogP contribution in [0, 0.1) is 0 Å². The van der Waals surface area contributed by atoms with Crippen LogP contribution in [0.4, 0.5) is 0 Å². The SMILES string of the molecule is NCCc1ccc(-c2nc3ccc(CCN)cn3c2CN2CCNCC2)cc1. The zero-order valence-corrected chi connectivity index (χ0v) is 16.4. The zero-order valence-electron chi connectivity index (χ0n) is 16.4. The highest BCUT2D eigenvalue weighted by Gasteiger charge is 2.19. The molecule has 6 heteroatoms. The van der Waals surface area contributed by atoms with Gasteiger partial charge in [0.2, 0.25) is 0 Å². The van der Waals surface area contributed by atoms with Gasteiger partial charge in [0, 0.05) is 44.5 Å². The summed E-state index contributed by atoms with van der Waals surface area (Å²) in [5.41, 5.74) is 18.5. The Morgan fingerprint density at radius 1 is 0.893 bits per heavy atom. The molecule has 4 rings (SSSR count). The summed E-state index contributed by atoms with van der Waals surface area (Å²) in [5.74, 6) is 0. The molecule has 1 aromatic carbocycles. The lowest BCUT2D eigenvalue weighted by Crippen LogP contribution is -2.43. The van der Waals surface area contributed by atoms with Gasteiger partial charge in [-0.05, 0) is 43.1 Å². The second-order valence-corrected chi connectivity index (χ2v) is 7.47. The molecule has 3 aromatic rings. The quantitative estimate of drug-likeness (QED) is 0.579. The van der Waals surface area contributed by atoms with E-state index in [1.165, 1.54) is 16.8 Å². The van der Waals surface area contributed by atoms with Gasteiger partial charge in [-0.1, -0.05) is 30.3 Å². The van der Waals surface area contributed by atoms with Crippen molar-refractivity contribution in [3.63, 3.8) is 0 Å². The fraction of sp³-hybridized carbons (Fsp3) is 0.409. The van der Waals surface area contributed by atoms with Crippen molar-refractivity contribution in [1.29, 1.82) is 0 Å². The number of pyridine rings is 1. The molecule has 0 atom stereocenters. The largest absolute Gasteiger partial charge is 0.330 e. The van der Waals surface area contributed by atoms with Crippen molar-refractivity contribution in [3.05, 3.63) is 59.4 Å². The minimum absolute atomic E-state index is 0.656. The Labute approximate surface area is 166 Å². The average Bonchev–Trinajstić information content (AvgIpc) is 3.08. The van der Waals surface area contributed by atoms with E-state index in [1.54, 1.807) is 0 Å². The second-order valence-electron chi connectivity index (χ2n) is 7.47. The zero-order chi connectivity index (χ0) is 19.3. The van der Waals surface area contributed by atoms with E-state index in [9.17, 15) is 0 Å². The van der Waals surface area contributed by atoms with E-state index in [-0.39, 0.29) is 0 Å². The number of hydrogen-bond donors (Lipinski definition) is 3. The summed E-state index contributed by atoms with van der Waals surface area (Å²) in [4.78, 5) is 7.49. The van der Waals surface area contributed by atoms with Crippen LogP contribution in [0.25, 0.3) is 16.9 Å². The molecule has 0 bridgehead atoms. The van der Waals surface area contributed by atoms with E-state index >= 15 is 0 Å². The molecular formula is C22H30N6. The van der Waals surface area contributed by atoms with Crippen molar-refractivity contribution >= 4 is 5.65 Å². The number of piperazine rings is 1. The van der Waals surface area contributed by atoms with Crippen molar-refractivity contribution in [1.82, 2.24) is 19.6 Å². The number of nitrogens with two attached hydrogens (primary N) is 2. The summed E-state index contributed by atoms with van der Waals surface area (Å²) in [7, 11) is 0. The number of nitrogens with one attached hydrogen (secondary N) is 1. The number of aromatic nitrogens is 2. The molecule has 148 valence electrons. The summed E-state index contributed by atoms with van der Waals surface area (Å²) in [6.07, 6.45) is 3.99. The molecule has 1 aliphatic heterocycles. The highest BCUT2D eigenvalue weighted by Crippen LogP contribution is 2.27. The average molecular weight is 379 g/mol. The summed E-state index contributed by atoms with van der Waals surface area (Å²) < 4.78 is 2.26. The predicted molar refractivity (Wildman–Crippen MR) is 114 cm³/mol. The minimum Gasteiger partial charge on any atom is -0.330 e. The van der Waals surface area contributed by atoms with E-state index in [0.29, 0.717) is 13.1 Å². The van der Waals surface area contributed by atoms with Gasteiger partial charge in [-0.3, -0.25) is 4.90 Å². The van der Waals surface area contributed by atoms with E-state index in [4.69, 9.17) is 16.5 Å². The van der Waals surface area contributed by atoms with Crippen molar-refractivity contribution < 1.29 is 0 Å². The molecule has 5 N–H and O–H groups in total. The summed E-state index contributed by atoms with van der Waals surface area (Å²) in [5, 5.41) is 3.43. The molecule has 0 aliphatic carbocycles. The Bertz CT molecular complexity index is 909. The monoisotopic (exact) mass is 378 g/mol. The molecule has 0 spiro atoms. The van der Waals surface area contributed by atoms with Gasteiger partial charge < -0.3 is 21.2 Å². The van der Waals surface area contributed by atoms with Crippen LogP contribution in [0.1, 0.15) is 16.8 Å². The smallest absolute Gasteiger partial charge is 0.137 e. The Morgan fingerprint density at radius 3 is 2.29 bits per heavy atom. The molecule has 6 nitrogen and oxygen atoms in total. The standard InChI is InChI=1S/C22H30N6/c23-9-7-17-1-4-19(5-2-17)22-20(16-27-13-11-25-12-14-27)28-15-18(8-10-24)3-6-21(28)26-22/h1-6,15,25H,7-14,16,23-24H2. The molecule has 0 unspecified atom stereocenters. The van der Waals surface area contributed by atoms with Crippen molar-refractivity contribution in [2.45, 2.75) is 19.4 Å². The molecule has 2 aromatic heterocycles. The molecule has 3 heterocycles. The van der Waals surface area contributed by atoms with Crippen LogP contribution in [0.15, 0.2) is 42.6 Å². The first-order valence-electron chi connectivity index (χ1n) is 10.2. The fourth-order valence-corrected chi connectivity index (χ4v) is 3.91. The van der Waals surface area contributed by atoms with Crippen LogP contribution in [-0.2, 0) is 19.4 Å². The number of fused-ring (bicyclic) bond motifs is 1. The third-order valence-electron chi connectivity index (χ3n) is 5.46. The number of benzene rings is 1. The molecule has 0 amide bonds. The third kappa shape index (κ3) is 4.10. The Hall–Kier alpha value is -2.25. The van der Waals surface area contributed by atoms with Crippen LogP contribution in [0.3, 0.4) is 0 Å². The van der Waals surface area contributed by atoms with Gasteiger partial charge in [0.15, 0.2) is 0 Å². The lowest BCUT2D eigenvalue weighted by Gasteiger charge is -2.27. The maximum absolute atomic E-state index is 5.78. The van der Waals surface area contributed by atoms with Gasteiger partial charge in [0.1, 0.15) is 5.65 Å². The molecule has 1 saturated heterocycles. The maximum Gasteiger partial charge on any atom is 0.137 e. The first-order valence-corrected chi connectivity index (χ1v) is 10.2. The molecule has 0 radical (unpaired) electrons. The van der Waals surface area contributed by atoms with E-state index < -0.39 is 0 Å². The number of imidazole rings is 1. The van der Waals surface area contributed by atoms with Crippen molar-refractivity contribution in [2.75, 3.05) is 39.3 Å². The van der Waals surface area contributed by atoms with E-state index in [0.717, 1.165) is 62.5 Å². The van der Waals surface area contributed by atoms with E-state index in [2.05, 4.69) is 57.2 Å². The van der Waals surface area contributed by atoms with Crippen molar-refractivity contribution in [2.24, 2.45) is 11.5 Å². The number of rotatable bonds is 7. The van der Waals surface area contributed by atoms with Crippen LogP contribution in [-0.4, -0.2) is 53.6 Å². The highest BCUT2D eigenvalue weighted by molar-refractivity contribution is 5.67. The van der Waals surface area contributed by atoms with Crippen LogP contribution < -0.4 is 16.8 Å². The Kier molecular flexibility index (Phi) is 6.02. The van der Waals surface area contributed by atoms with Gasteiger partial charge in [-0.25, -0.2) is 4.98 Å². The Balaban J connectivity index is 1.75. The van der Waals surface area contributed by atoms with Crippen LogP contribution in [0.5, 0.6) is 0 Å². The summed E-state index contributed by atoms with van der Waals surface area (Å²) in [6.45, 7) is 6.43. The molecular weight excluding hydrogens is 348 g/mol. The van der Waals surface area contributed by atoms with Crippen LogP contribution >= 0.6 is 0 Å². The second kappa shape index (κ2) is 8.84. The van der Waals surface area contributed by atoms with Crippen molar-refractivity contribution in [3.8, 4) is 11.3 Å². The number of hydrogen-bond acceptors (Lipinski definition) is 5. The summed E-state index contributed by atoms with van der Waals surface area (Å²) >= 11 is 0. The van der Waals surface area contributed by atoms with Gasteiger partial charge in [0.05, 0.1) is 11.4 Å². The van der Waals surface area contributed by atoms with Gasteiger partial charge in [-0.2, -0.15) is 0 Å². The molecule has 1 fully saturated rings. The predicted octanol–water partition coefficient (Wildman–Crippen LogP) is 1.41. The van der Waals surface area contributed by atoms with E-state index in [1.807, 2.05) is 0 Å². The normalized spacial score (nSPS) is 15.4.